The van der Waals surface area contributed by atoms with E-state index in [1.54, 1.807) is 19.1 Å². The molecule has 226 valence electrons. The standard InChI is InChI=1S/C31H38ClN3O6S/c1-21(2)18-33-31(37)23(4)34(19-24-10-8-7-9-22(24)3)30(36)20-35(26-13-11-25(32)12-14-26)42(38,39)27-15-16-28(40-5)29(17-27)41-6/h7-17,21,23H,18-20H2,1-6H3,(H,33,37). The summed E-state index contributed by atoms with van der Waals surface area (Å²) in [7, 11) is -1.44. The van der Waals surface area contributed by atoms with E-state index in [4.69, 9.17) is 21.1 Å². The maximum absolute atomic E-state index is 14.1. The van der Waals surface area contributed by atoms with E-state index in [9.17, 15) is 18.0 Å². The highest BCUT2D eigenvalue weighted by Gasteiger charge is 2.33. The van der Waals surface area contributed by atoms with Crippen LogP contribution in [0.3, 0.4) is 0 Å². The molecule has 3 aromatic carbocycles. The molecule has 0 spiro atoms. The lowest BCUT2D eigenvalue weighted by Crippen LogP contribution is -2.51. The molecule has 1 N–H and O–H groups in total. The molecule has 0 aromatic heterocycles. The van der Waals surface area contributed by atoms with Crippen LogP contribution in [0.1, 0.15) is 31.9 Å². The lowest BCUT2D eigenvalue weighted by atomic mass is 10.1. The minimum atomic E-state index is -4.29. The number of sulfonamides is 1. The third-order valence-electron chi connectivity index (χ3n) is 6.79. The molecule has 3 rings (SSSR count). The van der Waals surface area contributed by atoms with E-state index >= 15 is 0 Å². The van der Waals surface area contributed by atoms with Gasteiger partial charge in [-0.25, -0.2) is 8.42 Å². The number of nitrogens with zero attached hydrogens (tertiary/aromatic N) is 2. The van der Waals surface area contributed by atoms with Crippen molar-refractivity contribution in [2.45, 2.75) is 45.2 Å². The Kier molecular flexibility index (Phi) is 11.2. The first kappa shape index (κ1) is 32.8. The molecule has 3 aromatic rings. The maximum Gasteiger partial charge on any atom is 0.264 e. The van der Waals surface area contributed by atoms with Crippen molar-refractivity contribution in [3.05, 3.63) is 82.9 Å². The van der Waals surface area contributed by atoms with Gasteiger partial charge in [0.25, 0.3) is 10.0 Å². The van der Waals surface area contributed by atoms with E-state index in [1.807, 2.05) is 45.0 Å². The summed E-state index contributed by atoms with van der Waals surface area (Å²) in [6, 6.07) is 17.0. The average molecular weight is 616 g/mol. The molecule has 0 aliphatic carbocycles. The Morgan fingerprint density at radius 1 is 0.929 bits per heavy atom. The molecule has 11 heteroatoms. The Morgan fingerprint density at radius 2 is 1.57 bits per heavy atom. The summed E-state index contributed by atoms with van der Waals surface area (Å²) in [5.41, 5.74) is 2.02. The number of rotatable bonds is 13. The summed E-state index contributed by atoms with van der Waals surface area (Å²) in [5.74, 6) is -0.0848. The number of benzene rings is 3. The number of carbonyl (C=O) groups excluding carboxylic acids is 2. The smallest absolute Gasteiger partial charge is 0.264 e. The van der Waals surface area contributed by atoms with Crippen molar-refractivity contribution >= 4 is 39.1 Å². The second-order valence-electron chi connectivity index (χ2n) is 10.3. The van der Waals surface area contributed by atoms with Gasteiger partial charge in [0.1, 0.15) is 12.6 Å². The van der Waals surface area contributed by atoms with Crippen LogP contribution in [0.4, 0.5) is 5.69 Å². The molecule has 1 atom stereocenters. The summed E-state index contributed by atoms with van der Waals surface area (Å²) >= 11 is 6.09. The predicted octanol–water partition coefficient (Wildman–Crippen LogP) is 5.05. The molecule has 42 heavy (non-hydrogen) atoms. The third-order valence-corrected chi connectivity index (χ3v) is 8.81. The van der Waals surface area contributed by atoms with Gasteiger partial charge in [-0.15, -0.1) is 0 Å². The highest BCUT2D eigenvalue weighted by atomic mass is 35.5. The quantitative estimate of drug-likeness (QED) is 0.289. The number of methoxy groups -OCH3 is 2. The minimum absolute atomic E-state index is 0.101. The number of carbonyl (C=O) groups is 2. The van der Waals surface area contributed by atoms with Gasteiger partial charge in [-0.2, -0.15) is 0 Å². The fourth-order valence-electron chi connectivity index (χ4n) is 4.25. The van der Waals surface area contributed by atoms with Crippen LogP contribution < -0.4 is 19.1 Å². The van der Waals surface area contributed by atoms with Crippen molar-refractivity contribution in [2.24, 2.45) is 5.92 Å². The van der Waals surface area contributed by atoms with Gasteiger partial charge in [0.05, 0.1) is 24.8 Å². The van der Waals surface area contributed by atoms with Gasteiger partial charge < -0.3 is 19.7 Å². The molecular weight excluding hydrogens is 578 g/mol. The van der Waals surface area contributed by atoms with Crippen molar-refractivity contribution in [2.75, 3.05) is 31.6 Å². The third kappa shape index (κ3) is 7.95. The fraction of sp³-hybridized carbons (Fsp3) is 0.355. The van der Waals surface area contributed by atoms with Crippen LogP contribution in [0.15, 0.2) is 71.6 Å². The number of nitrogens with one attached hydrogen (secondary N) is 1. The van der Waals surface area contributed by atoms with Crippen molar-refractivity contribution in [1.29, 1.82) is 0 Å². The first-order valence-corrected chi connectivity index (χ1v) is 15.3. The highest BCUT2D eigenvalue weighted by Crippen LogP contribution is 2.32. The largest absolute Gasteiger partial charge is 0.493 e. The van der Waals surface area contributed by atoms with Crippen molar-refractivity contribution in [3.63, 3.8) is 0 Å². The van der Waals surface area contributed by atoms with E-state index < -0.39 is 28.5 Å². The minimum Gasteiger partial charge on any atom is -0.493 e. The Labute approximate surface area is 253 Å². The van der Waals surface area contributed by atoms with Gasteiger partial charge in [-0.3, -0.25) is 13.9 Å². The fourth-order valence-corrected chi connectivity index (χ4v) is 5.80. The van der Waals surface area contributed by atoms with Crippen molar-refractivity contribution in [1.82, 2.24) is 10.2 Å². The molecule has 0 aliphatic rings. The number of halogens is 1. The number of amides is 2. The number of anilines is 1. The molecule has 2 amide bonds. The maximum atomic E-state index is 14.1. The number of aryl methyl sites for hydroxylation is 1. The molecule has 0 fully saturated rings. The van der Waals surface area contributed by atoms with Crippen LogP contribution in [0, 0.1) is 12.8 Å². The van der Waals surface area contributed by atoms with E-state index in [0.717, 1.165) is 15.4 Å². The summed E-state index contributed by atoms with van der Waals surface area (Å²) in [6.07, 6.45) is 0. The van der Waals surface area contributed by atoms with Crippen LogP contribution in [-0.4, -0.2) is 58.5 Å². The van der Waals surface area contributed by atoms with Crippen LogP contribution in [0.5, 0.6) is 11.5 Å². The first-order valence-electron chi connectivity index (χ1n) is 13.5. The van der Waals surface area contributed by atoms with E-state index in [1.165, 1.54) is 49.5 Å². The molecule has 9 nitrogen and oxygen atoms in total. The van der Waals surface area contributed by atoms with Gasteiger partial charge in [0.2, 0.25) is 11.8 Å². The molecule has 0 saturated carbocycles. The van der Waals surface area contributed by atoms with Crippen LogP contribution in [-0.2, 0) is 26.2 Å². The zero-order chi connectivity index (χ0) is 31.0. The molecule has 0 radical (unpaired) electrons. The second-order valence-corrected chi connectivity index (χ2v) is 12.6. The number of hydrogen-bond donors (Lipinski definition) is 1. The first-order chi connectivity index (χ1) is 19.9. The summed E-state index contributed by atoms with van der Waals surface area (Å²) in [6.45, 7) is 7.51. The SMILES string of the molecule is COc1ccc(S(=O)(=O)N(CC(=O)N(Cc2ccccc2C)C(C)C(=O)NCC(C)C)c2ccc(Cl)cc2)cc1OC. The molecule has 0 aliphatic heterocycles. The topological polar surface area (TPSA) is 105 Å². The normalized spacial score (nSPS) is 12.0. The van der Waals surface area contributed by atoms with Gasteiger partial charge in [0, 0.05) is 24.2 Å². The predicted molar refractivity (Wildman–Crippen MR) is 165 cm³/mol. The van der Waals surface area contributed by atoms with Crippen LogP contribution in [0.25, 0.3) is 0 Å². The monoisotopic (exact) mass is 615 g/mol. The van der Waals surface area contributed by atoms with Crippen molar-refractivity contribution < 1.29 is 27.5 Å². The van der Waals surface area contributed by atoms with Crippen LogP contribution in [0.2, 0.25) is 5.02 Å². The second kappa shape index (κ2) is 14.4. The Morgan fingerprint density at radius 3 is 2.17 bits per heavy atom. The van der Waals surface area contributed by atoms with Gasteiger partial charge >= 0.3 is 0 Å². The lowest BCUT2D eigenvalue weighted by Gasteiger charge is -2.32. The average Bonchev–Trinajstić information content (AvgIpc) is 2.97. The molecule has 1 unspecified atom stereocenters. The van der Waals surface area contributed by atoms with Crippen LogP contribution >= 0.6 is 11.6 Å². The zero-order valence-electron chi connectivity index (χ0n) is 24.8. The summed E-state index contributed by atoms with van der Waals surface area (Å²) < 4.78 is 39.8. The Bertz CT molecular complexity index is 1490. The lowest BCUT2D eigenvalue weighted by molar-refractivity contribution is -0.139. The Balaban J connectivity index is 2.06. The molecule has 0 saturated heterocycles. The van der Waals surface area contributed by atoms with E-state index in [0.29, 0.717) is 17.3 Å². The molecular formula is C31H38ClN3O6S. The number of ether oxygens (including phenoxy) is 2. The summed E-state index contributed by atoms with van der Waals surface area (Å²) in [5, 5.41) is 3.29. The van der Waals surface area contributed by atoms with Gasteiger partial charge in [0.15, 0.2) is 11.5 Å². The Hall–Kier alpha value is -3.76. The molecule has 0 bridgehead atoms. The van der Waals surface area contributed by atoms with E-state index in [2.05, 4.69) is 5.32 Å². The van der Waals surface area contributed by atoms with E-state index in [-0.39, 0.29) is 34.7 Å². The zero-order valence-corrected chi connectivity index (χ0v) is 26.3. The summed E-state index contributed by atoms with van der Waals surface area (Å²) in [4.78, 5) is 28.5. The van der Waals surface area contributed by atoms with Crippen molar-refractivity contribution in [3.8, 4) is 11.5 Å². The highest BCUT2D eigenvalue weighted by molar-refractivity contribution is 7.92. The van der Waals surface area contributed by atoms with Gasteiger partial charge in [-0.05, 0) is 67.3 Å². The molecule has 0 heterocycles. The number of hydrogen-bond acceptors (Lipinski definition) is 6. The van der Waals surface area contributed by atoms with Gasteiger partial charge in [-0.1, -0.05) is 49.7 Å².